The van der Waals surface area contributed by atoms with Crippen LogP contribution in [0.4, 0.5) is 0 Å². The molecule has 0 amide bonds. The summed E-state index contributed by atoms with van der Waals surface area (Å²) in [4.78, 5) is 0.770. The fourth-order valence-corrected chi connectivity index (χ4v) is 2.39. The van der Waals surface area contributed by atoms with Gasteiger partial charge in [0.05, 0.1) is 22.7 Å². The largest absolute Gasteiger partial charge is 0.391 e. The van der Waals surface area contributed by atoms with Crippen LogP contribution in [-0.4, -0.2) is 33.8 Å². The second-order valence-corrected chi connectivity index (χ2v) is 5.54. The molecule has 2 atom stereocenters. The molecule has 0 aliphatic heterocycles. The smallest absolute Gasteiger partial charge is 0.0783 e. The third kappa shape index (κ3) is 4.88. The second kappa shape index (κ2) is 6.78. The summed E-state index contributed by atoms with van der Waals surface area (Å²) < 4.78 is 11.8. The first-order valence-corrected chi connectivity index (χ1v) is 6.76. The minimum absolute atomic E-state index is 0.281. The quantitative estimate of drug-likeness (QED) is 0.785. The monoisotopic (exact) mass is 241 g/mol. The van der Waals surface area contributed by atoms with Crippen molar-refractivity contribution in [1.29, 1.82) is 0 Å². The molecule has 0 heterocycles. The molecule has 0 spiro atoms. The van der Waals surface area contributed by atoms with Crippen LogP contribution in [0.5, 0.6) is 0 Å². The van der Waals surface area contributed by atoms with Crippen LogP contribution in [0.15, 0.2) is 35.2 Å². The van der Waals surface area contributed by atoms with Crippen LogP contribution >= 0.6 is 0 Å². The molecule has 0 unspecified atom stereocenters. The zero-order valence-electron chi connectivity index (χ0n) is 9.72. The number of nitrogens with one attached hydrogen (secondary N) is 1. The summed E-state index contributed by atoms with van der Waals surface area (Å²) in [5.41, 5.74) is 0. The lowest BCUT2D eigenvalue weighted by Gasteiger charge is -2.13. The van der Waals surface area contributed by atoms with Gasteiger partial charge >= 0.3 is 0 Å². The van der Waals surface area contributed by atoms with Gasteiger partial charge in [-0.05, 0) is 12.1 Å². The minimum Gasteiger partial charge on any atom is -0.391 e. The zero-order valence-corrected chi connectivity index (χ0v) is 10.5. The lowest BCUT2D eigenvalue weighted by Crippen LogP contribution is -2.34. The van der Waals surface area contributed by atoms with Crippen LogP contribution < -0.4 is 5.32 Å². The van der Waals surface area contributed by atoms with Gasteiger partial charge in [0.2, 0.25) is 0 Å². The van der Waals surface area contributed by atoms with Crippen LogP contribution in [0.25, 0.3) is 0 Å². The van der Waals surface area contributed by atoms with Crippen molar-refractivity contribution < 1.29 is 9.32 Å². The van der Waals surface area contributed by atoms with Crippen LogP contribution in [0.3, 0.4) is 0 Å². The van der Waals surface area contributed by atoms with Crippen molar-refractivity contribution in [2.45, 2.75) is 30.9 Å². The Morgan fingerprint density at radius 1 is 1.31 bits per heavy atom. The highest BCUT2D eigenvalue weighted by molar-refractivity contribution is 7.85. The number of hydrogen-bond donors (Lipinski definition) is 2. The van der Waals surface area contributed by atoms with E-state index in [9.17, 15) is 9.32 Å². The van der Waals surface area contributed by atoms with Gasteiger partial charge in [-0.2, -0.15) is 0 Å². The molecule has 0 aliphatic carbocycles. The first-order chi connectivity index (χ1) is 7.59. The summed E-state index contributed by atoms with van der Waals surface area (Å²) in [5, 5.41) is 12.8. The predicted octanol–water partition coefficient (Wildman–Crippen LogP) is 1.15. The van der Waals surface area contributed by atoms with E-state index in [0.717, 1.165) is 4.90 Å². The topological polar surface area (TPSA) is 49.3 Å². The van der Waals surface area contributed by atoms with E-state index in [0.29, 0.717) is 12.6 Å². The predicted molar refractivity (Wildman–Crippen MR) is 66.9 cm³/mol. The molecular weight excluding hydrogens is 222 g/mol. The van der Waals surface area contributed by atoms with Gasteiger partial charge in [0.15, 0.2) is 0 Å². The molecule has 1 aromatic carbocycles. The molecule has 2 N–H and O–H groups in total. The Kier molecular flexibility index (Phi) is 5.66. The molecule has 0 saturated heterocycles. The highest BCUT2D eigenvalue weighted by Crippen LogP contribution is 2.06. The van der Waals surface area contributed by atoms with Gasteiger partial charge in [-0.25, -0.2) is 0 Å². The van der Waals surface area contributed by atoms with E-state index >= 15 is 0 Å². The van der Waals surface area contributed by atoms with Crippen molar-refractivity contribution in [3.63, 3.8) is 0 Å². The Morgan fingerprint density at radius 2 is 1.94 bits per heavy atom. The van der Waals surface area contributed by atoms with Crippen molar-refractivity contribution in [2.75, 3.05) is 12.3 Å². The first-order valence-electron chi connectivity index (χ1n) is 5.44. The summed E-state index contributed by atoms with van der Waals surface area (Å²) >= 11 is 0. The van der Waals surface area contributed by atoms with E-state index in [-0.39, 0.29) is 5.75 Å². The van der Waals surface area contributed by atoms with Crippen molar-refractivity contribution in [3.05, 3.63) is 30.3 Å². The van der Waals surface area contributed by atoms with Crippen molar-refractivity contribution in [1.82, 2.24) is 5.32 Å². The highest BCUT2D eigenvalue weighted by Gasteiger charge is 2.11. The molecule has 0 saturated carbocycles. The van der Waals surface area contributed by atoms with Crippen molar-refractivity contribution >= 4 is 10.8 Å². The summed E-state index contributed by atoms with van der Waals surface area (Å²) in [6.07, 6.45) is -0.566. The lowest BCUT2D eigenvalue weighted by atomic mass is 10.3. The maximum Gasteiger partial charge on any atom is 0.0783 e. The molecule has 0 fully saturated rings. The Labute approximate surface area is 99.3 Å². The maximum atomic E-state index is 11.8. The standard InChI is InChI=1S/C12H19NO2S/c1-10(2)13-8-11(14)9-16(15)12-6-4-3-5-7-12/h3-7,10-11,13-14H,8-9H2,1-2H3/t11-,16+/m1/s1. The van der Waals surface area contributed by atoms with Gasteiger partial charge < -0.3 is 10.4 Å². The zero-order chi connectivity index (χ0) is 12.0. The average molecular weight is 241 g/mol. The summed E-state index contributed by atoms with van der Waals surface area (Å²) in [6, 6.07) is 9.56. The average Bonchev–Trinajstić information content (AvgIpc) is 2.27. The van der Waals surface area contributed by atoms with E-state index in [1.165, 1.54) is 0 Å². The van der Waals surface area contributed by atoms with Gasteiger partial charge in [0, 0.05) is 17.5 Å². The maximum absolute atomic E-state index is 11.8. The molecule has 3 nitrogen and oxygen atoms in total. The molecule has 0 radical (unpaired) electrons. The molecular formula is C12H19NO2S. The number of aliphatic hydroxyl groups is 1. The summed E-state index contributed by atoms with van der Waals surface area (Å²) in [6.45, 7) is 4.51. The summed E-state index contributed by atoms with van der Waals surface area (Å²) in [5.74, 6) is 0.281. The molecule has 0 aliphatic rings. The Bertz CT molecular complexity index is 327. The van der Waals surface area contributed by atoms with Crippen LogP contribution in [0.2, 0.25) is 0 Å². The van der Waals surface area contributed by atoms with Crippen LogP contribution in [0.1, 0.15) is 13.8 Å². The van der Waals surface area contributed by atoms with Gasteiger partial charge in [-0.1, -0.05) is 32.0 Å². The molecule has 1 aromatic rings. The number of rotatable bonds is 6. The Morgan fingerprint density at radius 3 is 2.50 bits per heavy atom. The fraction of sp³-hybridized carbons (Fsp3) is 0.500. The Balaban J connectivity index is 2.40. The molecule has 4 heteroatoms. The van der Waals surface area contributed by atoms with Gasteiger partial charge in [-0.15, -0.1) is 0 Å². The third-order valence-corrected chi connectivity index (χ3v) is 3.60. The SMILES string of the molecule is CC(C)NC[C@@H](O)C[S@](=O)c1ccccc1. The minimum atomic E-state index is -1.12. The van der Waals surface area contributed by atoms with E-state index in [2.05, 4.69) is 5.32 Å². The second-order valence-electron chi connectivity index (χ2n) is 4.04. The molecule has 16 heavy (non-hydrogen) atoms. The molecule has 90 valence electrons. The summed E-state index contributed by atoms with van der Waals surface area (Å²) in [7, 11) is -1.12. The molecule has 0 aromatic heterocycles. The number of aliphatic hydroxyl groups excluding tert-OH is 1. The van der Waals surface area contributed by atoms with Crippen molar-refractivity contribution in [2.24, 2.45) is 0 Å². The third-order valence-electron chi connectivity index (χ3n) is 2.11. The van der Waals surface area contributed by atoms with Gasteiger partial charge in [-0.3, -0.25) is 4.21 Å². The highest BCUT2D eigenvalue weighted by atomic mass is 32.2. The van der Waals surface area contributed by atoms with E-state index < -0.39 is 16.9 Å². The van der Waals surface area contributed by atoms with Crippen LogP contribution in [-0.2, 0) is 10.8 Å². The number of benzene rings is 1. The number of hydrogen-bond acceptors (Lipinski definition) is 3. The Hall–Kier alpha value is -0.710. The van der Waals surface area contributed by atoms with E-state index in [1.807, 2.05) is 44.2 Å². The van der Waals surface area contributed by atoms with Gasteiger partial charge in [0.25, 0.3) is 0 Å². The normalized spacial score (nSPS) is 15.0. The van der Waals surface area contributed by atoms with Gasteiger partial charge in [0.1, 0.15) is 0 Å². The van der Waals surface area contributed by atoms with Crippen LogP contribution in [0, 0.1) is 0 Å². The van der Waals surface area contributed by atoms with E-state index in [1.54, 1.807) is 0 Å². The van der Waals surface area contributed by atoms with Crippen molar-refractivity contribution in [3.8, 4) is 0 Å². The molecule has 0 bridgehead atoms. The van der Waals surface area contributed by atoms with E-state index in [4.69, 9.17) is 0 Å². The fourth-order valence-electron chi connectivity index (χ4n) is 1.27. The lowest BCUT2D eigenvalue weighted by molar-refractivity contribution is 0.191. The first kappa shape index (κ1) is 13.4. The molecule has 1 rings (SSSR count).